The first-order valence-corrected chi connectivity index (χ1v) is 6.28. The molecule has 1 amide bonds. The van der Waals surface area contributed by atoms with Gasteiger partial charge in [-0.25, -0.2) is 0 Å². The second-order valence-corrected chi connectivity index (χ2v) is 4.55. The van der Waals surface area contributed by atoms with E-state index in [0.29, 0.717) is 13.1 Å². The van der Waals surface area contributed by atoms with Crippen LogP contribution in [-0.4, -0.2) is 15.8 Å². The Labute approximate surface area is 112 Å². The van der Waals surface area contributed by atoms with E-state index in [4.69, 9.17) is 0 Å². The van der Waals surface area contributed by atoms with Gasteiger partial charge >= 0.3 is 0 Å². The van der Waals surface area contributed by atoms with Gasteiger partial charge in [-0.05, 0) is 23.3 Å². The summed E-state index contributed by atoms with van der Waals surface area (Å²) in [6.45, 7) is 1.26. The maximum absolute atomic E-state index is 12.1. The minimum atomic E-state index is 0.0295. The number of nitrogens with zero attached hydrogens (tertiary/aromatic N) is 2. The maximum Gasteiger partial charge on any atom is 0.247 e. The summed E-state index contributed by atoms with van der Waals surface area (Å²) >= 11 is 0. The number of amides is 1. The van der Waals surface area contributed by atoms with Crippen LogP contribution < -0.4 is 0 Å². The lowest BCUT2D eigenvalue weighted by Gasteiger charge is -2.11. The third kappa shape index (κ3) is 2.55. The van der Waals surface area contributed by atoms with Crippen LogP contribution in [0.3, 0.4) is 0 Å². The molecule has 94 valence electrons. The predicted molar refractivity (Wildman–Crippen MR) is 74.0 cm³/mol. The molecule has 0 saturated carbocycles. The van der Waals surface area contributed by atoms with E-state index < -0.39 is 0 Å². The number of hydrogen-bond donors (Lipinski definition) is 0. The van der Waals surface area contributed by atoms with Gasteiger partial charge in [0.05, 0.1) is 12.2 Å². The number of fused-ring (bicyclic) bond motifs is 1. The first-order chi connectivity index (χ1) is 9.33. The van der Waals surface area contributed by atoms with Gasteiger partial charge in [-0.15, -0.1) is 0 Å². The monoisotopic (exact) mass is 250 g/mol. The van der Waals surface area contributed by atoms with Gasteiger partial charge in [0.15, 0.2) is 0 Å². The highest BCUT2D eigenvalue weighted by atomic mass is 16.2. The van der Waals surface area contributed by atoms with E-state index in [9.17, 15) is 4.79 Å². The average molecular weight is 250 g/mol. The molecule has 3 nitrogen and oxygen atoms in total. The summed E-state index contributed by atoms with van der Waals surface area (Å²) < 4.78 is 0. The van der Waals surface area contributed by atoms with Crippen molar-refractivity contribution in [2.45, 2.75) is 13.1 Å². The van der Waals surface area contributed by atoms with Crippen molar-refractivity contribution in [2.24, 2.45) is 0 Å². The third-order valence-corrected chi connectivity index (χ3v) is 3.22. The second-order valence-electron chi connectivity index (χ2n) is 4.55. The summed E-state index contributed by atoms with van der Waals surface area (Å²) in [6, 6.07) is 13.8. The smallest absolute Gasteiger partial charge is 0.247 e. The standard InChI is InChI=1S/C16H14N2O/c19-16(9-8-13-5-2-1-3-6-13)18-11-14-7-4-10-17-15(14)12-18/h1-10H,11-12H2/b9-8+. The Bertz CT molecular complexity index is 595. The van der Waals surface area contributed by atoms with Gasteiger partial charge in [-0.2, -0.15) is 0 Å². The molecule has 0 atom stereocenters. The van der Waals surface area contributed by atoms with E-state index >= 15 is 0 Å². The highest BCUT2D eigenvalue weighted by Gasteiger charge is 2.22. The van der Waals surface area contributed by atoms with Crippen LogP contribution in [0.15, 0.2) is 54.7 Å². The van der Waals surface area contributed by atoms with Gasteiger partial charge in [0.1, 0.15) is 0 Å². The summed E-state index contributed by atoms with van der Waals surface area (Å²) in [7, 11) is 0. The minimum absolute atomic E-state index is 0.0295. The zero-order valence-corrected chi connectivity index (χ0v) is 10.5. The molecule has 3 heteroatoms. The molecule has 0 bridgehead atoms. The highest BCUT2D eigenvalue weighted by molar-refractivity contribution is 5.92. The molecule has 0 saturated heterocycles. The number of rotatable bonds is 2. The normalized spacial score (nSPS) is 13.8. The van der Waals surface area contributed by atoms with Crippen LogP contribution in [-0.2, 0) is 17.9 Å². The SMILES string of the molecule is O=C(/C=C/c1ccccc1)N1Cc2cccnc2C1. The lowest BCUT2D eigenvalue weighted by atomic mass is 10.2. The van der Waals surface area contributed by atoms with Gasteiger partial charge in [-0.1, -0.05) is 36.4 Å². The van der Waals surface area contributed by atoms with E-state index in [1.54, 1.807) is 17.2 Å². The van der Waals surface area contributed by atoms with E-state index in [2.05, 4.69) is 4.98 Å². The fourth-order valence-corrected chi connectivity index (χ4v) is 2.19. The Kier molecular flexibility index (Phi) is 3.11. The predicted octanol–water partition coefficient (Wildman–Crippen LogP) is 2.64. The Morgan fingerprint density at radius 2 is 1.95 bits per heavy atom. The van der Waals surface area contributed by atoms with Crippen molar-refractivity contribution in [1.29, 1.82) is 0 Å². The number of carbonyl (C=O) groups is 1. The number of pyridine rings is 1. The van der Waals surface area contributed by atoms with E-state index in [1.165, 1.54) is 0 Å². The largest absolute Gasteiger partial charge is 0.329 e. The quantitative estimate of drug-likeness (QED) is 0.768. The van der Waals surface area contributed by atoms with Crippen LogP contribution in [0.1, 0.15) is 16.8 Å². The molecule has 19 heavy (non-hydrogen) atoms. The second kappa shape index (κ2) is 5.06. The summed E-state index contributed by atoms with van der Waals surface area (Å²) in [5, 5.41) is 0. The van der Waals surface area contributed by atoms with Crippen molar-refractivity contribution in [2.75, 3.05) is 0 Å². The fraction of sp³-hybridized carbons (Fsp3) is 0.125. The average Bonchev–Trinajstić information content (AvgIpc) is 2.90. The first kappa shape index (κ1) is 11.7. The molecule has 2 heterocycles. The molecule has 0 fully saturated rings. The summed E-state index contributed by atoms with van der Waals surface area (Å²) in [5.41, 5.74) is 3.18. The van der Waals surface area contributed by atoms with Crippen LogP contribution in [0, 0.1) is 0 Å². The van der Waals surface area contributed by atoms with E-state index in [-0.39, 0.29) is 5.91 Å². The lowest BCUT2D eigenvalue weighted by molar-refractivity contribution is -0.126. The summed E-state index contributed by atoms with van der Waals surface area (Å²) in [4.78, 5) is 18.2. The first-order valence-electron chi connectivity index (χ1n) is 6.28. The van der Waals surface area contributed by atoms with Gasteiger partial charge in [0.2, 0.25) is 5.91 Å². The Morgan fingerprint density at radius 1 is 1.11 bits per heavy atom. The molecule has 0 N–H and O–H groups in total. The van der Waals surface area contributed by atoms with Gasteiger partial charge in [0.25, 0.3) is 0 Å². The topological polar surface area (TPSA) is 33.2 Å². The van der Waals surface area contributed by atoms with Crippen molar-refractivity contribution in [3.8, 4) is 0 Å². The molecule has 1 aliphatic rings. The lowest BCUT2D eigenvalue weighted by Crippen LogP contribution is -2.23. The molecule has 3 rings (SSSR count). The Balaban J connectivity index is 1.69. The Morgan fingerprint density at radius 3 is 2.74 bits per heavy atom. The van der Waals surface area contributed by atoms with Crippen LogP contribution in [0.2, 0.25) is 0 Å². The molecule has 1 aromatic carbocycles. The Hall–Kier alpha value is -2.42. The molecule has 1 aliphatic heterocycles. The molecular weight excluding hydrogens is 236 g/mol. The summed E-state index contributed by atoms with van der Waals surface area (Å²) in [5.74, 6) is 0.0295. The van der Waals surface area contributed by atoms with Crippen molar-refractivity contribution in [3.63, 3.8) is 0 Å². The van der Waals surface area contributed by atoms with Crippen molar-refractivity contribution < 1.29 is 4.79 Å². The zero-order valence-electron chi connectivity index (χ0n) is 10.5. The highest BCUT2D eigenvalue weighted by Crippen LogP contribution is 2.20. The van der Waals surface area contributed by atoms with Crippen LogP contribution in [0.25, 0.3) is 6.08 Å². The minimum Gasteiger partial charge on any atom is -0.329 e. The molecule has 0 aliphatic carbocycles. The van der Waals surface area contributed by atoms with E-state index in [1.807, 2.05) is 48.5 Å². The van der Waals surface area contributed by atoms with Crippen LogP contribution in [0.4, 0.5) is 0 Å². The number of benzene rings is 1. The molecule has 0 radical (unpaired) electrons. The van der Waals surface area contributed by atoms with Crippen molar-refractivity contribution in [3.05, 3.63) is 71.6 Å². The van der Waals surface area contributed by atoms with Gasteiger partial charge in [0, 0.05) is 18.8 Å². The summed E-state index contributed by atoms with van der Waals surface area (Å²) in [6.07, 6.45) is 5.24. The molecular formula is C16H14N2O. The maximum atomic E-state index is 12.1. The van der Waals surface area contributed by atoms with E-state index in [0.717, 1.165) is 16.8 Å². The number of aromatic nitrogens is 1. The third-order valence-electron chi connectivity index (χ3n) is 3.22. The zero-order chi connectivity index (χ0) is 13.1. The molecule has 0 spiro atoms. The van der Waals surface area contributed by atoms with Crippen LogP contribution in [0.5, 0.6) is 0 Å². The molecule has 0 unspecified atom stereocenters. The van der Waals surface area contributed by atoms with Gasteiger partial charge < -0.3 is 4.90 Å². The molecule has 2 aromatic rings. The van der Waals surface area contributed by atoms with Crippen LogP contribution >= 0.6 is 0 Å². The van der Waals surface area contributed by atoms with Gasteiger partial charge in [-0.3, -0.25) is 9.78 Å². The fourth-order valence-electron chi connectivity index (χ4n) is 2.19. The van der Waals surface area contributed by atoms with Crippen molar-refractivity contribution in [1.82, 2.24) is 9.88 Å². The number of hydrogen-bond acceptors (Lipinski definition) is 2. The molecule has 1 aromatic heterocycles. The van der Waals surface area contributed by atoms with Crippen molar-refractivity contribution >= 4 is 12.0 Å². The number of carbonyl (C=O) groups excluding carboxylic acids is 1.